The van der Waals surface area contributed by atoms with Gasteiger partial charge in [0.2, 0.25) is 0 Å². The van der Waals surface area contributed by atoms with Crippen LogP contribution in [0.5, 0.6) is 0 Å². The van der Waals surface area contributed by atoms with Crippen molar-refractivity contribution in [2.75, 3.05) is 0 Å². The van der Waals surface area contributed by atoms with Crippen LogP contribution in [-0.4, -0.2) is 10.9 Å². The van der Waals surface area contributed by atoms with E-state index in [9.17, 15) is 0 Å². The first-order valence-corrected chi connectivity index (χ1v) is 2.99. The number of hydrogen-bond donors (Lipinski definition) is 1. The standard InChI is InChI=1S/C8H8NO/c1-7(9-10)8-5-3-2-4-6-8/h2-3,5-6,10H,1H3. The molecule has 1 rings (SSSR count). The van der Waals surface area contributed by atoms with Crippen molar-refractivity contribution < 1.29 is 5.21 Å². The van der Waals surface area contributed by atoms with Crippen LogP contribution in [0.3, 0.4) is 0 Å². The number of hydrogen-bond acceptors (Lipinski definition) is 2. The van der Waals surface area contributed by atoms with Crippen LogP contribution >= 0.6 is 0 Å². The topological polar surface area (TPSA) is 32.6 Å². The Morgan fingerprint density at radius 2 is 2.50 bits per heavy atom. The van der Waals surface area contributed by atoms with Gasteiger partial charge in [0.15, 0.2) is 0 Å². The van der Waals surface area contributed by atoms with E-state index < -0.39 is 0 Å². The number of benzene rings is 1. The highest BCUT2D eigenvalue weighted by Gasteiger charge is 1.92. The van der Waals surface area contributed by atoms with Gasteiger partial charge in [-0.05, 0) is 24.6 Å². The number of rotatable bonds is 1. The zero-order valence-electron chi connectivity index (χ0n) is 5.70. The van der Waals surface area contributed by atoms with Crippen LogP contribution in [0.4, 0.5) is 0 Å². The molecule has 2 heteroatoms. The van der Waals surface area contributed by atoms with Gasteiger partial charge in [-0.3, -0.25) is 0 Å². The Bertz CT molecular complexity index is 228. The van der Waals surface area contributed by atoms with E-state index in [4.69, 9.17) is 5.21 Å². The molecule has 2 nitrogen and oxygen atoms in total. The second-order valence-corrected chi connectivity index (χ2v) is 1.98. The van der Waals surface area contributed by atoms with Gasteiger partial charge in [0.05, 0.1) is 5.71 Å². The molecule has 0 spiro atoms. The van der Waals surface area contributed by atoms with Gasteiger partial charge >= 0.3 is 0 Å². The lowest BCUT2D eigenvalue weighted by Crippen LogP contribution is -1.92. The van der Waals surface area contributed by atoms with E-state index in [0.717, 1.165) is 5.56 Å². The van der Waals surface area contributed by atoms with E-state index in [0.29, 0.717) is 5.71 Å². The van der Waals surface area contributed by atoms with Crippen molar-refractivity contribution in [3.05, 3.63) is 35.9 Å². The second kappa shape index (κ2) is 3.01. The average molecular weight is 134 g/mol. The molecular weight excluding hydrogens is 126 g/mol. The van der Waals surface area contributed by atoms with Gasteiger partial charge in [0.25, 0.3) is 0 Å². The summed E-state index contributed by atoms with van der Waals surface area (Å²) in [5.74, 6) is 0. The highest BCUT2D eigenvalue weighted by atomic mass is 16.4. The quantitative estimate of drug-likeness (QED) is 0.354. The maximum absolute atomic E-state index is 8.36. The van der Waals surface area contributed by atoms with Crippen LogP contribution in [0.2, 0.25) is 0 Å². The third-order valence-corrected chi connectivity index (χ3v) is 1.27. The Kier molecular flexibility index (Phi) is 2.05. The maximum Gasteiger partial charge on any atom is 0.0837 e. The molecule has 51 valence electrons. The predicted molar refractivity (Wildman–Crippen MR) is 39.3 cm³/mol. The van der Waals surface area contributed by atoms with E-state index in [1.54, 1.807) is 19.1 Å². The molecule has 0 atom stereocenters. The Balaban J connectivity index is 2.96. The molecule has 1 radical (unpaired) electrons. The normalized spacial score (nSPS) is 11.5. The fourth-order valence-corrected chi connectivity index (χ4v) is 0.676. The minimum atomic E-state index is 0.608. The highest BCUT2D eigenvalue weighted by molar-refractivity contribution is 5.98. The molecule has 1 N–H and O–H groups in total. The van der Waals surface area contributed by atoms with E-state index >= 15 is 0 Å². The molecule has 0 aliphatic heterocycles. The summed E-state index contributed by atoms with van der Waals surface area (Å²) >= 11 is 0. The molecule has 1 aromatic rings. The lowest BCUT2D eigenvalue weighted by molar-refractivity contribution is 0.319. The molecule has 0 bridgehead atoms. The van der Waals surface area contributed by atoms with Crippen molar-refractivity contribution in [3.8, 4) is 0 Å². The fourth-order valence-electron chi connectivity index (χ4n) is 0.676. The van der Waals surface area contributed by atoms with E-state index in [1.165, 1.54) is 0 Å². The van der Waals surface area contributed by atoms with Gasteiger partial charge in [0.1, 0.15) is 0 Å². The maximum atomic E-state index is 8.36. The molecule has 0 aliphatic carbocycles. The SMILES string of the molecule is CC(=NO)c1c[c]ccc1. The van der Waals surface area contributed by atoms with Crippen LogP contribution < -0.4 is 0 Å². The molecule has 0 aliphatic rings. The summed E-state index contributed by atoms with van der Waals surface area (Å²) in [6.45, 7) is 1.74. The first-order valence-electron chi connectivity index (χ1n) is 2.99. The molecule has 0 aromatic heterocycles. The Morgan fingerprint density at radius 1 is 1.70 bits per heavy atom. The molecule has 0 heterocycles. The third-order valence-electron chi connectivity index (χ3n) is 1.27. The summed E-state index contributed by atoms with van der Waals surface area (Å²) in [5, 5.41) is 11.4. The van der Waals surface area contributed by atoms with Crippen molar-refractivity contribution in [2.45, 2.75) is 6.92 Å². The summed E-state index contributed by atoms with van der Waals surface area (Å²) in [6.07, 6.45) is 0. The van der Waals surface area contributed by atoms with Crippen LogP contribution in [0.1, 0.15) is 12.5 Å². The van der Waals surface area contributed by atoms with Gasteiger partial charge in [-0.15, -0.1) is 0 Å². The lowest BCUT2D eigenvalue weighted by atomic mass is 10.1. The molecular formula is C8H8NO. The first kappa shape index (κ1) is 6.81. The molecule has 10 heavy (non-hydrogen) atoms. The number of oxime groups is 1. The summed E-state index contributed by atoms with van der Waals surface area (Å²) < 4.78 is 0. The lowest BCUT2D eigenvalue weighted by Gasteiger charge is -1.93. The van der Waals surface area contributed by atoms with Crippen molar-refractivity contribution >= 4 is 5.71 Å². The van der Waals surface area contributed by atoms with E-state index in [-0.39, 0.29) is 0 Å². The summed E-state index contributed by atoms with van der Waals surface area (Å²) in [6, 6.07) is 10.2. The Labute approximate surface area is 59.8 Å². The van der Waals surface area contributed by atoms with E-state index in [2.05, 4.69) is 11.2 Å². The van der Waals surface area contributed by atoms with Crippen molar-refractivity contribution in [3.63, 3.8) is 0 Å². The Hall–Kier alpha value is -1.31. The van der Waals surface area contributed by atoms with Crippen LogP contribution in [0, 0.1) is 6.07 Å². The zero-order chi connectivity index (χ0) is 7.40. The summed E-state index contributed by atoms with van der Waals surface area (Å²) in [4.78, 5) is 0. The van der Waals surface area contributed by atoms with Gasteiger partial charge in [0, 0.05) is 0 Å². The average Bonchev–Trinajstić information content (AvgIpc) is 2.05. The molecule has 0 saturated heterocycles. The predicted octanol–water partition coefficient (Wildman–Crippen LogP) is 1.68. The number of nitrogens with zero attached hydrogens (tertiary/aromatic N) is 1. The van der Waals surface area contributed by atoms with Crippen LogP contribution in [0.15, 0.2) is 29.4 Å². The molecule has 0 unspecified atom stereocenters. The molecule has 0 fully saturated rings. The molecule has 0 amide bonds. The van der Waals surface area contributed by atoms with Crippen LogP contribution in [-0.2, 0) is 0 Å². The Morgan fingerprint density at radius 3 is 3.00 bits per heavy atom. The smallest absolute Gasteiger partial charge is 0.0837 e. The van der Waals surface area contributed by atoms with Crippen molar-refractivity contribution in [2.24, 2.45) is 5.16 Å². The largest absolute Gasteiger partial charge is 0.411 e. The molecule has 1 aromatic carbocycles. The van der Waals surface area contributed by atoms with Gasteiger partial charge in [-0.25, -0.2) is 0 Å². The van der Waals surface area contributed by atoms with Crippen molar-refractivity contribution in [1.82, 2.24) is 0 Å². The third kappa shape index (κ3) is 1.35. The van der Waals surface area contributed by atoms with Gasteiger partial charge in [-0.1, -0.05) is 23.4 Å². The molecule has 0 saturated carbocycles. The van der Waals surface area contributed by atoms with E-state index in [1.807, 2.05) is 12.1 Å². The summed E-state index contributed by atoms with van der Waals surface area (Å²) in [7, 11) is 0. The van der Waals surface area contributed by atoms with Gasteiger partial charge < -0.3 is 5.21 Å². The monoisotopic (exact) mass is 134 g/mol. The minimum Gasteiger partial charge on any atom is -0.411 e. The fraction of sp³-hybridized carbons (Fsp3) is 0.125. The second-order valence-electron chi connectivity index (χ2n) is 1.98. The highest BCUT2D eigenvalue weighted by Crippen LogP contribution is 1.98. The summed E-state index contributed by atoms with van der Waals surface area (Å²) in [5.41, 5.74) is 1.50. The first-order chi connectivity index (χ1) is 4.84. The van der Waals surface area contributed by atoms with Gasteiger partial charge in [-0.2, -0.15) is 0 Å². The minimum absolute atomic E-state index is 0.608. The van der Waals surface area contributed by atoms with Crippen molar-refractivity contribution in [1.29, 1.82) is 0 Å². The van der Waals surface area contributed by atoms with Crippen LogP contribution in [0.25, 0.3) is 0 Å². The zero-order valence-corrected chi connectivity index (χ0v) is 5.70.